The van der Waals surface area contributed by atoms with Gasteiger partial charge in [0.05, 0.1) is 0 Å². The van der Waals surface area contributed by atoms with Crippen molar-refractivity contribution in [2.24, 2.45) is 0 Å². The number of hydrogen-bond donors (Lipinski definition) is 0. The lowest BCUT2D eigenvalue weighted by Gasteiger charge is -1.93. The van der Waals surface area contributed by atoms with Crippen molar-refractivity contribution in [2.45, 2.75) is 0 Å². The van der Waals surface area contributed by atoms with E-state index in [1.807, 2.05) is 66.7 Å². The summed E-state index contributed by atoms with van der Waals surface area (Å²) in [5.74, 6) is 0. The first-order chi connectivity index (χ1) is 7.95. The van der Waals surface area contributed by atoms with Gasteiger partial charge in [0, 0.05) is 0 Å². The summed E-state index contributed by atoms with van der Waals surface area (Å²) in [6.45, 7) is 0. The molecule has 0 aliphatic carbocycles. The maximum Gasteiger partial charge on any atom is -0.0276 e. The van der Waals surface area contributed by atoms with E-state index >= 15 is 0 Å². The van der Waals surface area contributed by atoms with Crippen molar-refractivity contribution in [2.75, 3.05) is 0 Å². The van der Waals surface area contributed by atoms with Crippen molar-refractivity contribution in [3.05, 3.63) is 89.3 Å². The Bertz CT molecular complexity index is 471. The van der Waals surface area contributed by atoms with Gasteiger partial charge >= 0.3 is 0 Å². The molecule has 0 nitrogen and oxygen atoms in total. The zero-order valence-corrected chi connectivity index (χ0v) is 8.85. The summed E-state index contributed by atoms with van der Waals surface area (Å²) in [6, 6.07) is 19.9. The molecule has 0 fully saturated rings. The van der Waals surface area contributed by atoms with Crippen LogP contribution >= 0.6 is 0 Å². The first-order valence-corrected chi connectivity index (χ1v) is 5.15. The van der Waals surface area contributed by atoms with Crippen LogP contribution in [-0.4, -0.2) is 0 Å². The minimum atomic E-state index is 1.01. The van der Waals surface area contributed by atoms with Gasteiger partial charge in [0.1, 0.15) is 0 Å². The molecule has 16 heavy (non-hydrogen) atoms. The molecule has 0 heteroatoms. The summed E-state index contributed by atoms with van der Waals surface area (Å²) in [5, 5.41) is 0. The lowest BCUT2D eigenvalue weighted by molar-refractivity contribution is 1.58. The SMILES string of the molecule is C(=C=Cc1ccccc1)=[C-]c1ccccc1. The smallest absolute Gasteiger partial charge is 0.0276 e. The minimum Gasteiger partial charge on any atom is -0.184 e. The van der Waals surface area contributed by atoms with Crippen molar-refractivity contribution < 1.29 is 0 Å². The fraction of sp³-hybridized carbons (Fsp3) is 0. The van der Waals surface area contributed by atoms with Crippen LogP contribution in [0.1, 0.15) is 11.1 Å². The molecule has 0 bridgehead atoms. The van der Waals surface area contributed by atoms with Crippen molar-refractivity contribution in [3.8, 4) is 0 Å². The molecule has 0 aliphatic heterocycles. The highest BCUT2D eigenvalue weighted by Gasteiger charge is 1.77. The van der Waals surface area contributed by atoms with Crippen LogP contribution in [0.2, 0.25) is 0 Å². The fourth-order valence-electron chi connectivity index (χ4n) is 1.30. The van der Waals surface area contributed by atoms with Gasteiger partial charge in [-0.05, 0) is 5.56 Å². The van der Waals surface area contributed by atoms with E-state index in [4.69, 9.17) is 0 Å². The highest BCUT2D eigenvalue weighted by Crippen LogP contribution is 1.99. The van der Waals surface area contributed by atoms with Crippen LogP contribution in [0.15, 0.2) is 72.1 Å². The lowest BCUT2D eigenvalue weighted by Crippen LogP contribution is -1.67. The summed E-state index contributed by atoms with van der Waals surface area (Å²) >= 11 is 0. The van der Waals surface area contributed by atoms with Crippen LogP contribution in [0.4, 0.5) is 0 Å². The molecule has 2 rings (SSSR count). The van der Waals surface area contributed by atoms with E-state index in [9.17, 15) is 0 Å². The van der Waals surface area contributed by atoms with Gasteiger partial charge in [-0.25, -0.2) is 0 Å². The Morgan fingerprint density at radius 3 is 2.12 bits per heavy atom. The summed E-state index contributed by atoms with van der Waals surface area (Å²) in [7, 11) is 0. The highest BCUT2D eigenvalue weighted by molar-refractivity contribution is 5.47. The highest BCUT2D eigenvalue weighted by atomic mass is 13.8. The van der Waals surface area contributed by atoms with E-state index in [0.29, 0.717) is 0 Å². The second-order valence-corrected chi connectivity index (χ2v) is 3.32. The van der Waals surface area contributed by atoms with Crippen molar-refractivity contribution >= 4 is 6.08 Å². The van der Waals surface area contributed by atoms with Gasteiger partial charge in [0.25, 0.3) is 0 Å². The molecule has 76 valence electrons. The number of benzene rings is 2. The van der Waals surface area contributed by atoms with Crippen molar-refractivity contribution in [1.82, 2.24) is 0 Å². The molecular weight excluding hydrogens is 192 g/mol. The van der Waals surface area contributed by atoms with E-state index in [1.54, 1.807) is 0 Å². The molecule has 0 aromatic heterocycles. The first kappa shape index (κ1) is 10.3. The zero-order chi connectivity index (χ0) is 11.1. The zero-order valence-electron chi connectivity index (χ0n) is 8.85. The summed E-state index contributed by atoms with van der Waals surface area (Å²) in [5.41, 5.74) is 7.98. The second kappa shape index (κ2) is 5.58. The number of hydrogen-bond acceptors (Lipinski definition) is 0. The Balaban J connectivity index is 2.16. The first-order valence-electron chi connectivity index (χ1n) is 5.15. The van der Waals surface area contributed by atoms with E-state index < -0.39 is 0 Å². The molecule has 0 heterocycles. The molecule has 0 radical (unpaired) electrons. The molecule has 0 atom stereocenters. The molecule has 0 saturated carbocycles. The van der Waals surface area contributed by atoms with E-state index in [-0.39, 0.29) is 0 Å². The summed E-state index contributed by atoms with van der Waals surface area (Å²) in [4.78, 5) is 0. The van der Waals surface area contributed by atoms with Crippen LogP contribution in [0.25, 0.3) is 6.08 Å². The van der Waals surface area contributed by atoms with Gasteiger partial charge in [0.2, 0.25) is 0 Å². The molecule has 0 aliphatic rings. The standard InChI is InChI=1S/C16H11/c1-3-9-15(10-4-1)13-7-8-14-16-11-5-2-6-12-16/h1-6,9-13H/q-1. The monoisotopic (exact) mass is 203 g/mol. The fourth-order valence-corrected chi connectivity index (χ4v) is 1.30. The van der Waals surface area contributed by atoms with E-state index in [0.717, 1.165) is 11.1 Å². The third-order valence-corrected chi connectivity index (χ3v) is 2.09. The maximum atomic E-state index is 3.02. The minimum absolute atomic E-state index is 1.01. The third kappa shape index (κ3) is 3.15. The van der Waals surface area contributed by atoms with Crippen LogP contribution < -0.4 is 0 Å². The Morgan fingerprint density at radius 2 is 1.44 bits per heavy atom. The Hall–Kier alpha value is -2.26. The summed E-state index contributed by atoms with van der Waals surface area (Å²) < 4.78 is 0. The normalized spacial score (nSPS) is 8.75. The molecule has 0 spiro atoms. The second-order valence-electron chi connectivity index (χ2n) is 3.32. The topological polar surface area (TPSA) is 0 Å². The Labute approximate surface area is 95.9 Å². The molecule has 0 N–H and O–H groups in total. The number of rotatable bonds is 2. The van der Waals surface area contributed by atoms with Crippen LogP contribution in [0.5, 0.6) is 0 Å². The van der Waals surface area contributed by atoms with Gasteiger partial charge in [0.15, 0.2) is 0 Å². The van der Waals surface area contributed by atoms with Gasteiger partial charge in [-0.15, -0.1) is 29.8 Å². The van der Waals surface area contributed by atoms with Crippen LogP contribution in [0.3, 0.4) is 0 Å². The van der Waals surface area contributed by atoms with Crippen molar-refractivity contribution in [1.29, 1.82) is 0 Å². The van der Waals surface area contributed by atoms with E-state index in [2.05, 4.69) is 17.5 Å². The summed E-state index contributed by atoms with van der Waals surface area (Å²) in [6.07, 6.45) is 4.91. The average Bonchev–Trinajstić information content (AvgIpc) is 2.37. The van der Waals surface area contributed by atoms with Gasteiger partial charge < -0.3 is 0 Å². The molecule has 2 aromatic rings. The third-order valence-electron chi connectivity index (χ3n) is 2.09. The predicted octanol–water partition coefficient (Wildman–Crippen LogP) is 3.86. The average molecular weight is 203 g/mol. The van der Waals surface area contributed by atoms with Crippen molar-refractivity contribution in [3.63, 3.8) is 0 Å². The Kier molecular flexibility index (Phi) is 3.58. The van der Waals surface area contributed by atoms with E-state index in [1.165, 1.54) is 0 Å². The molecule has 0 unspecified atom stereocenters. The van der Waals surface area contributed by atoms with Crippen LogP contribution in [-0.2, 0) is 0 Å². The van der Waals surface area contributed by atoms with Gasteiger partial charge in [-0.1, -0.05) is 48.6 Å². The maximum absolute atomic E-state index is 3.02. The molecule has 0 amide bonds. The van der Waals surface area contributed by atoms with Gasteiger partial charge in [-0.3, -0.25) is 0 Å². The van der Waals surface area contributed by atoms with Gasteiger partial charge in [-0.2, -0.15) is 11.5 Å². The Morgan fingerprint density at radius 1 is 0.812 bits per heavy atom. The lowest BCUT2D eigenvalue weighted by atomic mass is 10.2. The largest absolute Gasteiger partial charge is 0.184 e. The predicted molar refractivity (Wildman–Crippen MR) is 66.7 cm³/mol. The molecule has 0 saturated heterocycles. The quantitative estimate of drug-likeness (QED) is 0.513. The van der Waals surface area contributed by atoms with Crippen LogP contribution in [0, 0.1) is 6.08 Å². The molecular formula is C16H11-. The molecule has 2 aromatic carbocycles.